The number of thiophene rings is 1. The quantitative estimate of drug-likeness (QED) is 0.572. The number of piperazine rings is 1. The fourth-order valence-corrected chi connectivity index (χ4v) is 4.61. The van der Waals surface area contributed by atoms with Crippen LogP contribution in [0, 0.1) is 0 Å². The molecule has 5 rings (SSSR count). The summed E-state index contributed by atoms with van der Waals surface area (Å²) in [6.45, 7) is 3.85. The molecule has 1 saturated heterocycles. The van der Waals surface area contributed by atoms with Gasteiger partial charge in [0.25, 0.3) is 0 Å². The Morgan fingerprint density at radius 1 is 1.00 bits per heavy atom. The molecule has 0 unspecified atom stereocenters. The zero-order valence-electron chi connectivity index (χ0n) is 15.1. The number of nitrogens with zero attached hydrogens (tertiary/aromatic N) is 4. The first-order chi connectivity index (χ1) is 13.3. The SMILES string of the molecule is CNc1nc(N2CCNCC2)c2sc3nc(-c4ccccc4)ccc3c2n1. The van der Waals surface area contributed by atoms with Crippen LogP contribution in [0.4, 0.5) is 11.8 Å². The molecule has 0 atom stereocenters. The average Bonchev–Trinajstić information content (AvgIpc) is 3.12. The lowest BCUT2D eigenvalue weighted by Crippen LogP contribution is -2.44. The summed E-state index contributed by atoms with van der Waals surface area (Å²) in [4.78, 5) is 17.8. The highest BCUT2D eigenvalue weighted by Crippen LogP contribution is 2.38. The van der Waals surface area contributed by atoms with Gasteiger partial charge in [-0.05, 0) is 12.1 Å². The van der Waals surface area contributed by atoms with E-state index in [4.69, 9.17) is 15.0 Å². The summed E-state index contributed by atoms with van der Waals surface area (Å²) >= 11 is 1.68. The lowest BCUT2D eigenvalue weighted by atomic mass is 10.1. The molecule has 0 saturated carbocycles. The summed E-state index contributed by atoms with van der Waals surface area (Å²) < 4.78 is 1.11. The molecular formula is C20H20N6S. The monoisotopic (exact) mass is 376 g/mol. The van der Waals surface area contributed by atoms with Crippen molar-refractivity contribution in [3.63, 3.8) is 0 Å². The van der Waals surface area contributed by atoms with E-state index in [0.717, 1.165) is 63.7 Å². The third-order valence-electron chi connectivity index (χ3n) is 4.87. The third-order valence-corrected chi connectivity index (χ3v) is 5.96. The van der Waals surface area contributed by atoms with E-state index in [9.17, 15) is 0 Å². The van der Waals surface area contributed by atoms with Crippen molar-refractivity contribution in [3.8, 4) is 11.3 Å². The number of aromatic nitrogens is 3. The Morgan fingerprint density at radius 3 is 2.59 bits per heavy atom. The van der Waals surface area contributed by atoms with E-state index >= 15 is 0 Å². The first-order valence-corrected chi connectivity index (χ1v) is 9.95. The summed E-state index contributed by atoms with van der Waals surface area (Å²) in [5.41, 5.74) is 3.09. The van der Waals surface area contributed by atoms with Crippen molar-refractivity contribution >= 4 is 43.5 Å². The van der Waals surface area contributed by atoms with Gasteiger partial charge in [-0.3, -0.25) is 0 Å². The second-order valence-corrected chi connectivity index (χ2v) is 7.55. The maximum absolute atomic E-state index is 4.92. The van der Waals surface area contributed by atoms with Crippen molar-refractivity contribution in [1.29, 1.82) is 0 Å². The number of anilines is 2. The fourth-order valence-electron chi connectivity index (χ4n) is 3.48. The molecule has 1 aromatic carbocycles. The molecule has 136 valence electrons. The van der Waals surface area contributed by atoms with Crippen LogP contribution in [-0.4, -0.2) is 48.2 Å². The number of hydrogen-bond donors (Lipinski definition) is 2. The summed E-state index contributed by atoms with van der Waals surface area (Å²) in [6.07, 6.45) is 0. The summed E-state index contributed by atoms with van der Waals surface area (Å²) in [6, 6.07) is 14.5. The molecule has 7 heteroatoms. The molecule has 1 fully saturated rings. The molecule has 0 bridgehead atoms. The van der Waals surface area contributed by atoms with Gasteiger partial charge in [-0.2, -0.15) is 4.98 Å². The average molecular weight is 376 g/mol. The van der Waals surface area contributed by atoms with Crippen LogP contribution in [-0.2, 0) is 0 Å². The predicted octanol–water partition coefficient (Wildman–Crippen LogP) is 3.36. The molecule has 0 amide bonds. The zero-order chi connectivity index (χ0) is 18.2. The van der Waals surface area contributed by atoms with E-state index < -0.39 is 0 Å². The predicted molar refractivity (Wildman–Crippen MR) is 113 cm³/mol. The molecular weight excluding hydrogens is 356 g/mol. The van der Waals surface area contributed by atoms with Gasteiger partial charge in [-0.1, -0.05) is 30.3 Å². The number of nitrogens with one attached hydrogen (secondary N) is 2. The molecule has 0 radical (unpaired) electrons. The summed E-state index contributed by atoms with van der Waals surface area (Å²) in [5, 5.41) is 7.60. The maximum Gasteiger partial charge on any atom is 0.225 e. The third kappa shape index (κ3) is 2.89. The Morgan fingerprint density at radius 2 is 1.81 bits per heavy atom. The maximum atomic E-state index is 4.92. The van der Waals surface area contributed by atoms with Gasteiger partial charge in [-0.25, -0.2) is 9.97 Å². The van der Waals surface area contributed by atoms with Crippen molar-refractivity contribution in [2.45, 2.75) is 0 Å². The molecule has 1 aliphatic rings. The summed E-state index contributed by atoms with van der Waals surface area (Å²) in [7, 11) is 1.86. The normalized spacial score (nSPS) is 14.8. The van der Waals surface area contributed by atoms with E-state index in [2.05, 4.69) is 39.8 Å². The second kappa shape index (κ2) is 6.75. The second-order valence-electron chi connectivity index (χ2n) is 6.55. The highest BCUT2D eigenvalue weighted by molar-refractivity contribution is 7.26. The van der Waals surface area contributed by atoms with Gasteiger partial charge in [0.1, 0.15) is 4.83 Å². The van der Waals surface area contributed by atoms with E-state index in [1.54, 1.807) is 11.3 Å². The van der Waals surface area contributed by atoms with Crippen molar-refractivity contribution < 1.29 is 0 Å². The van der Waals surface area contributed by atoms with Crippen LogP contribution in [0.15, 0.2) is 42.5 Å². The van der Waals surface area contributed by atoms with Crippen molar-refractivity contribution in [2.24, 2.45) is 0 Å². The highest BCUT2D eigenvalue weighted by atomic mass is 32.1. The van der Waals surface area contributed by atoms with E-state index in [0.29, 0.717) is 5.95 Å². The topological polar surface area (TPSA) is 66.0 Å². The molecule has 6 nitrogen and oxygen atoms in total. The van der Waals surface area contributed by atoms with E-state index in [-0.39, 0.29) is 0 Å². The van der Waals surface area contributed by atoms with Crippen LogP contribution in [0.5, 0.6) is 0 Å². The van der Waals surface area contributed by atoms with Gasteiger partial charge >= 0.3 is 0 Å². The Kier molecular flexibility index (Phi) is 4.10. The number of rotatable bonds is 3. The first kappa shape index (κ1) is 16.4. The van der Waals surface area contributed by atoms with Gasteiger partial charge < -0.3 is 15.5 Å². The molecule has 0 aliphatic carbocycles. The van der Waals surface area contributed by atoms with Crippen molar-refractivity contribution in [3.05, 3.63) is 42.5 Å². The molecule has 2 N–H and O–H groups in total. The van der Waals surface area contributed by atoms with Crippen LogP contribution >= 0.6 is 11.3 Å². The highest BCUT2D eigenvalue weighted by Gasteiger charge is 2.20. The van der Waals surface area contributed by atoms with Gasteiger partial charge in [0.05, 0.1) is 15.9 Å². The molecule has 27 heavy (non-hydrogen) atoms. The molecule has 4 heterocycles. The molecule has 4 aromatic rings. The van der Waals surface area contributed by atoms with E-state index in [1.807, 2.05) is 25.2 Å². The lowest BCUT2D eigenvalue weighted by Gasteiger charge is -2.28. The van der Waals surface area contributed by atoms with Crippen LogP contribution in [0.25, 0.3) is 31.7 Å². The van der Waals surface area contributed by atoms with Gasteiger partial charge in [0.2, 0.25) is 5.95 Å². The van der Waals surface area contributed by atoms with Gasteiger partial charge in [-0.15, -0.1) is 11.3 Å². The molecule has 1 aliphatic heterocycles. The fraction of sp³-hybridized carbons (Fsp3) is 0.250. The molecule has 3 aromatic heterocycles. The van der Waals surface area contributed by atoms with Gasteiger partial charge in [0.15, 0.2) is 5.82 Å². The van der Waals surface area contributed by atoms with Crippen LogP contribution in [0.2, 0.25) is 0 Å². The van der Waals surface area contributed by atoms with Crippen molar-refractivity contribution in [2.75, 3.05) is 43.4 Å². The van der Waals surface area contributed by atoms with Crippen molar-refractivity contribution in [1.82, 2.24) is 20.3 Å². The van der Waals surface area contributed by atoms with Gasteiger partial charge in [0, 0.05) is 44.2 Å². The lowest BCUT2D eigenvalue weighted by molar-refractivity contribution is 0.586. The minimum Gasteiger partial charge on any atom is -0.357 e. The Hall–Kier alpha value is -2.77. The van der Waals surface area contributed by atoms with Crippen LogP contribution in [0.3, 0.4) is 0 Å². The number of benzene rings is 1. The number of pyridine rings is 1. The Bertz CT molecular complexity index is 1100. The standard InChI is InChI=1S/C20H20N6S/c1-21-20-24-16-14-7-8-15(13-5-3-2-4-6-13)23-19(14)27-17(16)18(25-20)26-11-9-22-10-12-26/h2-8,22H,9-12H2,1H3,(H,21,24,25). The minimum absolute atomic E-state index is 0.655. The van der Waals surface area contributed by atoms with Crippen LogP contribution < -0.4 is 15.5 Å². The zero-order valence-corrected chi connectivity index (χ0v) is 15.9. The summed E-state index contributed by atoms with van der Waals surface area (Å²) in [5.74, 6) is 1.66. The van der Waals surface area contributed by atoms with E-state index in [1.165, 1.54) is 0 Å². The number of hydrogen-bond acceptors (Lipinski definition) is 7. The smallest absolute Gasteiger partial charge is 0.225 e. The molecule has 0 spiro atoms. The number of fused-ring (bicyclic) bond motifs is 3. The Labute approximate surface area is 161 Å². The van der Waals surface area contributed by atoms with Crippen LogP contribution in [0.1, 0.15) is 0 Å². The first-order valence-electron chi connectivity index (χ1n) is 9.13. The minimum atomic E-state index is 0.655. The Balaban J connectivity index is 1.71. The largest absolute Gasteiger partial charge is 0.357 e.